The molecule has 0 aliphatic heterocycles. The average Bonchev–Trinajstić information content (AvgIpc) is 2.01. The molecule has 1 nitrogen and oxygen atoms in total. The van der Waals surface area contributed by atoms with Crippen LogP contribution in [0.3, 0.4) is 0 Å². The molecule has 0 fully saturated rings. The Morgan fingerprint density at radius 2 is 2.00 bits per heavy atom. The number of rotatable bonds is 6. The van der Waals surface area contributed by atoms with Crippen molar-refractivity contribution >= 4 is 0 Å². The molecule has 0 atom stereocenters. The summed E-state index contributed by atoms with van der Waals surface area (Å²) < 4.78 is 5.02. The van der Waals surface area contributed by atoms with Crippen LogP contribution in [0.2, 0.25) is 0 Å². The van der Waals surface area contributed by atoms with Crippen molar-refractivity contribution in [3.8, 4) is 0 Å². The van der Waals surface area contributed by atoms with Gasteiger partial charge in [0.1, 0.15) is 0 Å². The van der Waals surface area contributed by atoms with Gasteiger partial charge in [0.05, 0.1) is 0 Å². The summed E-state index contributed by atoms with van der Waals surface area (Å²) in [5.41, 5.74) is 1.55. The molecule has 0 spiro atoms. The van der Waals surface area contributed by atoms with Gasteiger partial charge in [-0.3, -0.25) is 0 Å². The molecule has 0 bridgehead atoms. The predicted octanol–water partition coefficient (Wildman–Crippen LogP) is 3.16. The summed E-state index contributed by atoms with van der Waals surface area (Å²) in [5.74, 6) is 0. The molecule has 0 saturated carbocycles. The Bertz CT molecular complexity index is 105. The maximum Gasteiger partial charge on any atom is 0.0499 e. The van der Waals surface area contributed by atoms with Crippen LogP contribution in [0.5, 0.6) is 0 Å². The molecule has 0 amide bonds. The van der Waals surface area contributed by atoms with Crippen LogP contribution in [-0.4, -0.2) is 13.7 Å². The molecule has 0 rings (SSSR count). The van der Waals surface area contributed by atoms with E-state index in [2.05, 4.69) is 19.9 Å². The van der Waals surface area contributed by atoms with Gasteiger partial charge in [0.2, 0.25) is 0 Å². The smallest absolute Gasteiger partial charge is 0.0499 e. The summed E-state index contributed by atoms with van der Waals surface area (Å²) in [4.78, 5) is 0. The lowest BCUT2D eigenvalue weighted by molar-refractivity contribution is 0.201. The average molecular weight is 156 g/mol. The van der Waals surface area contributed by atoms with Crippen LogP contribution in [0.1, 0.15) is 39.5 Å². The number of methoxy groups -OCH3 is 1. The molecule has 0 aromatic carbocycles. The molecular formula is C10H20O. The summed E-state index contributed by atoms with van der Waals surface area (Å²) in [5, 5.41) is 0. The second-order valence-corrected chi connectivity index (χ2v) is 2.76. The fourth-order valence-corrected chi connectivity index (χ4v) is 1.17. The van der Waals surface area contributed by atoms with Crippen molar-refractivity contribution in [1.29, 1.82) is 0 Å². The van der Waals surface area contributed by atoms with E-state index in [1.54, 1.807) is 12.7 Å². The Morgan fingerprint density at radius 1 is 1.27 bits per heavy atom. The fraction of sp³-hybridized carbons (Fsp3) is 0.800. The molecule has 0 aliphatic rings. The Kier molecular flexibility index (Phi) is 7.59. The van der Waals surface area contributed by atoms with Gasteiger partial charge in [0.15, 0.2) is 0 Å². The molecule has 0 heterocycles. The first-order chi connectivity index (χ1) is 5.35. The van der Waals surface area contributed by atoms with Crippen LogP contribution in [0.15, 0.2) is 11.6 Å². The van der Waals surface area contributed by atoms with Gasteiger partial charge in [-0.25, -0.2) is 0 Å². The number of hydrogen-bond donors (Lipinski definition) is 0. The van der Waals surface area contributed by atoms with Crippen LogP contribution < -0.4 is 0 Å². The molecule has 0 aromatic heterocycles. The zero-order chi connectivity index (χ0) is 8.53. The van der Waals surface area contributed by atoms with Gasteiger partial charge >= 0.3 is 0 Å². The summed E-state index contributed by atoms with van der Waals surface area (Å²) in [6.45, 7) is 5.27. The third kappa shape index (κ3) is 6.11. The van der Waals surface area contributed by atoms with E-state index in [-0.39, 0.29) is 0 Å². The highest BCUT2D eigenvalue weighted by Gasteiger charge is 1.93. The molecular weight excluding hydrogens is 136 g/mol. The molecule has 0 aromatic rings. The van der Waals surface area contributed by atoms with Crippen molar-refractivity contribution in [2.24, 2.45) is 0 Å². The van der Waals surface area contributed by atoms with Crippen LogP contribution in [-0.2, 0) is 4.74 Å². The van der Waals surface area contributed by atoms with Crippen molar-refractivity contribution in [2.75, 3.05) is 13.7 Å². The minimum absolute atomic E-state index is 0.867. The second kappa shape index (κ2) is 7.80. The van der Waals surface area contributed by atoms with Crippen molar-refractivity contribution in [2.45, 2.75) is 39.5 Å². The highest BCUT2D eigenvalue weighted by molar-refractivity contribution is 5.01. The van der Waals surface area contributed by atoms with Crippen molar-refractivity contribution in [1.82, 2.24) is 0 Å². The zero-order valence-electron chi connectivity index (χ0n) is 8.02. The second-order valence-electron chi connectivity index (χ2n) is 2.76. The highest BCUT2D eigenvalue weighted by atomic mass is 16.5. The van der Waals surface area contributed by atoms with E-state index in [4.69, 9.17) is 4.74 Å². The lowest BCUT2D eigenvalue weighted by Gasteiger charge is -2.04. The summed E-state index contributed by atoms with van der Waals surface area (Å²) in [6.07, 6.45) is 7.06. The predicted molar refractivity (Wildman–Crippen MR) is 49.8 cm³/mol. The maximum atomic E-state index is 5.02. The monoisotopic (exact) mass is 156 g/mol. The SMILES string of the molecule is CC/C=C(\CCC)CCOC. The topological polar surface area (TPSA) is 9.23 Å². The Labute approximate surface area is 70.4 Å². The largest absolute Gasteiger partial charge is 0.384 e. The van der Waals surface area contributed by atoms with E-state index in [9.17, 15) is 0 Å². The first kappa shape index (κ1) is 10.7. The van der Waals surface area contributed by atoms with Gasteiger partial charge < -0.3 is 4.74 Å². The Hall–Kier alpha value is -0.300. The summed E-state index contributed by atoms with van der Waals surface area (Å²) >= 11 is 0. The Balaban J connectivity index is 3.60. The minimum Gasteiger partial charge on any atom is -0.384 e. The van der Waals surface area contributed by atoms with Gasteiger partial charge in [-0.2, -0.15) is 0 Å². The highest BCUT2D eigenvalue weighted by Crippen LogP contribution is 2.10. The third-order valence-corrected chi connectivity index (χ3v) is 1.69. The van der Waals surface area contributed by atoms with E-state index in [0.29, 0.717) is 0 Å². The van der Waals surface area contributed by atoms with E-state index in [1.165, 1.54) is 12.8 Å². The van der Waals surface area contributed by atoms with Gasteiger partial charge in [-0.1, -0.05) is 31.9 Å². The molecule has 0 saturated heterocycles. The summed E-state index contributed by atoms with van der Waals surface area (Å²) in [6, 6.07) is 0. The molecule has 66 valence electrons. The standard InChI is InChI=1S/C10H20O/c1-4-6-10(7-5-2)8-9-11-3/h6H,4-5,7-9H2,1-3H3/b10-6+. The maximum absolute atomic E-state index is 5.02. The van der Waals surface area contributed by atoms with Gasteiger partial charge in [0, 0.05) is 13.7 Å². The molecule has 0 aliphatic carbocycles. The van der Waals surface area contributed by atoms with Crippen LogP contribution >= 0.6 is 0 Å². The van der Waals surface area contributed by atoms with Crippen LogP contribution in [0, 0.1) is 0 Å². The van der Waals surface area contributed by atoms with E-state index >= 15 is 0 Å². The molecule has 0 unspecified atom stereocenters. The lowest BCUT2D eigenvalue weighted by Crippen LogP contribution is -1.92. The van der Waals surface area contributed by atoms with E-state index < -0.39 is 0 Å². The van der Waals surface area contributed by atoms with Crippen molar-refractivity contribution in [3.63, 3.8) is 0 Å². The van der Waals surface area contributed by atoms with Gasteiger partial charge in [-0.15, -0.1) is 0 Å². The molecule has 0 N–H and O–H groups in total. The molecule has 11 heavy (non-hydrogen) atoms. The van der Waals surface area contributed by atoms with E-state index in [1.807, 2.05) is 0 Å². The fourth-order valence-electron chi connectivity index (χ4n) is 1.17. The normalized spacial score (nSPS) is 12.1. The lowest BCUT2D eigenvalue weighted by atomic mass is 10.1. The quantitative estimate of drug-likeness (QED) is 0.537. The van der Waals surface area contributed by atoms with Crippen molar-refractivity contribution in [3.05, 3.63) is 11.6 Å². The number of hydrogen-bond acceptors (Lipinski definition) is 1. The Morgan fingerprint density at radius 3 is 2.45 bits per heavy atom. The molecule has 0 radical (unpaired) electrons. The van der Waals surface area contributed by atoms with Gasteiger partial charge in [-0.05, 0) is 19.3 Å². The van der Waals surface area contributed by atoms with Crippen LogP contribution in [0.4, 0.5) is 0 Å². The third-order valence-electron chi connectivity index (χ3n) is 1.69. The number of ether oxygens (including phenoxy) is 1. The van der Waals surface area contributed by atoms with E-state index in [0.717, 1.165) is 19.4 Å². The minimum atomic E-state index is 0.867. The first-order valence-electron chi connectivity index (χ1n) is 4.52. The van der Waals surface area contributed by atoms with Crippen molar-refractivity contribution < 1.29 is 4.74 Å². The summed E-state index contributed by atoms with van der Waals surface area (Å²) in [7, 11) is 1.76. The first-order valence-corrected chi connectivity index (χ1v) is 4.52. The number of allylic oxidation sites excluding steroid dienone is 1. The van der Waals surface area contributed by atoms with Gasteiger partial charge in [0.25, 0.3) is 0 Å². The van der Waals surface area contributed by atoms with Crippen LogP contribution in [0.25, 0.3) is 0 Å². The molecule has 1 heteroatoms. The zero-order valence-corrected chi connectivity index (χ0v) is 8.02.